The molecule has 0 aromatic heterocycles. The third-order valence-corrected chi connectivity index (χ3v) is 2.46. The van der Waals surface area contributed by atoms with E-state index in [0.29, 0.717) is 0 Å². The SMILES string of the molecule is CC=CC(C=CC)(C(=O)O)c1ccccc1. The zero-order valence-electron chi connectivity index (χ0n) is 9.55. The van der Waals surface area contributed by atoms with Gasteiger partial charge in [-0.3, -0.25) is 4.79 Å². The van der Waals surface area contributed by atoms with E-state index in [4.69, 9.17) is 0 Å². The fourth-order valence-electron chi connectivity index (χ4n) is 1.75. The van der Waals surface area contributed by atoms with E-state index in [1.165, 1.54) is 0 Å². The Labute approximate surface area is 95.9 Å². The van der Waals surface area contributed by atoms with Crippen LogP contribution in [0.25, 0.3) is 0 Å². The Kier molecular flexibility index (Phi) is 4.06. The van der Waals surface area contributed by atoms with Gasteiger partial charge in [0.2, 0.25) is 0 Å². The van der Waals surface area contributed by atoms with Gasteiger partial charge in [-0.15, -0.1) is 0 Å². The van der Waals surface area contributed by atoms with Crippen molar-refractivity contribution in [3.63, 3.8) is 0 Å². The summed E-state index contributed by atoms with van der Waals surface area (Å²) >= 11 is 0. The number of rotatable bonds is 4. The highest BCUT2D eigenvalue weighted by molar-refractivity contribution is 5.86. The van der Waals surface area contributed by atoms with Gasteiger partial charge in [0.1, 0.15) is 5.41 Å². The second-order valence-corrected chi connectivity index (χ2v) is 3.54. The Morgan fingerprint density at radius 3 is 2.00 bits per heavy atom. The zero-order valence-corrected chi connectivity index (χ0v) is 9.55. The van der Waals surface area contributed by atoms with E-state index >= 15 is 0 Å². The minimum absolute atomic E-state index is 0.763. The summed E-state index contributed by atoms with van der Waals surface area (Å²) in [5, 5.41) is 9.44. The molecule has 0 spiro atoms. The molecule has 0 fully saturated rings. The quantitative estimate of drug-likeness (QED) is 0.785. The Morgan fingerprint density at radius 1 is 1.12 bits per heavy atom. The van der Waals surface area contributed by atoms with Crippen molar-refractivity contribution in [3.8, 4) is 0 Å². The number of carboxylic acids is 1. The molecule has 0 bridgehead atoms. The van der Waals surface area contributed by atoms with Crippen LogP contribution in [-0.2, 0) is 10.2 Å². The summed E-state index contributed by atoms with van der Waals surface area (Å²) in [5.41, 5.74) is -0.288. The van der Waals surface area contributed by atoms with E-state index < -0.39 is 11.4 Å². The smallest absolute Gasteiger partial charge is 0.321 e. The summed E-state index contributed by atoms with van der Waals surface area (Å²) in [6.07, 6.45) is 6.93. The number of carboxylic acid groups (broad SMARTS) is 1. The summed E-state index contributed by atoms with van der Waals surface area (Å²) in [5.74, 6) is -0.866. The monoisotopic (exact) mass is 216 g/mol. The minimum Gasteiger partial charge on any atom is -0.480 e. The normalized spacial score (nSPS) is 15.4. The van der Waals surface area contributed by atoms with Gasteiger partial charge in [0.25, 0.3) is 0 Å². The molecule has 0 aliphatic rings. The van der Waals surface area contributed by atoms with E-state index in [1.807, 2.05) is 44.2 Å². The first-order chi connectivity index (χ1) is 7.67. The van der Waals surface area contributed by atoms with Crippen molar-refractivity contribution in [2.45, 2.75) is 19.3 Å². The summed E-state index contributed by atoms with van der Waals surface area (Å²) in [4.78, 5) is 11.5. The Morgan fingerprint density at radius 2 is 1.62 bits per heavy atom. The van der Waals surface area contributed by atoms with Gasteiger partial charge in [0.05, 0.1) is 0 Å². The predicted molar refractivity (Wildman–Crippen MR) is 65.4 cm³/mol. The standard InChI is InChI=1S/C14H16O2/c1-3-10-14(11-4-2,13(15)16)12-8-6-5-7-9-12/h3-11H,1-2H3,(H,15,16). The second-order valence-electron chi connectivity index (χ2n) is 3.54. The molecule has 0 heterocycles. The molecule has 0 aliphatic carbocycles. The zero-order chi connectivity index (χ0) is 12.0. The summed E-state index contributed by atoms with van der Waals surface area (Å²) in [7, 11) is 0. The maximum atomic E-state index is 11.5. The van der Waals surface area contributed by atoms with Crippen molar-refractivity contribution < 1.29 is 9.90 Å². The van der Waals surface area contributed by atoms with Gasteiger partial charge in [0.15, 0.2) is 0 Å². The van der Waals surface area contributed by atoms with Gasteiger partial charge >= 0.3 is 5.97 Å². The molecule has 0 radical (unpaired) electrons. The fourth-order valence-corrected chi connectivity index (χ4v) is 1.75. The van der Waals surface area contributed by atoms with Crippen molar-refractivity contribution in [1.29, 1.82) is 0 Å². The predicted octanol–water partition coefficient (Wildman–Crippen LogP) is 3.16. The van der Waals surface area contributed by atoms with Crippen molar-refractivity contribution in [2.75, 3.05) is 0 Å². The Hall–Kier alpha value is -1.83. The number of benzene rings is 1. The highest BCUT2D eigenvalue weighted by atomic mass is 16.4. The van der Waals surface area contributed by atoms with Crippen LogP contribution >= 0.6 is 0 Å². The molecule has 0 unspecified atom stereocenters. The first-order valence-electron chi connectivity index (χ1n) is 5.24. The molecule has 0 saturated carbocycles. The summed E-state index contributed by atoms with van der Waals surface area (Å²) < 4.78 is 0. The Balaban J connectivity index is 3.38. The average Bonchev–Trinajstić information content (AvgIpc) is 2.29. The maximum absolute atomic E-state index is 11.5. The molecule has 0 atom stereocenters. The van der Waals surface area contributed by atoms with Gasteiger partial charge in [-0.25, -0.2) is 0 Å². The van der Waals surface area contributed by atoms with Crippen LogP contribution in [0.3, 0.4) is 0 Å². The number of aliphatic carboxylic acids is 1. The van der Waals surface area contributed by atoms with Gasteiger partial charge in [-0.1, -0.05) is 54.6 Å². The highest BCUT2D eigenvalue weighted by Gasteiger charge is 2.34. The molecule has 1 aromatic rings. The van der Waals surface area contributed by atoms with Crippen LogP contribution in [0.1, 0.15) is 19.4 Å². The molecule has 0 amide bonds. The molecule has 0 saturated heterocycles. The number of allylic oxidation sites excluding steroid dienone is 2. The third-order valence-electron chi connectivity index (χ3n) is 2.46. The van der Waals surface area contributed by atoms with Gasteiger partial charge in [-0.05, 0) is 19.4 Å². The molecule has 1 N–H and O–H groups in total. The first kappa shape index (κ1) is 12.2. The number of hydrogen-bond donors (Lipinski definition) is 1. The van der Waals surface area contributed by atoms with Crippen molar-refractivity contribution in [3.05, 3.63) is 60.2 Å². The molecule has 16 heavy (non-hydrogen) atoms. The highest BCUT2D eigenvalue weighted by Crippen LogP contribution is 2.28. The van der Waals surface area contributed by atoms with Gasteiger partial charge < -0.3 is 5.11 Å². The number of carbonyl (C=O) groups is 1. The van der Waals surface area contributed by atoms with E-state index in [-0.39, 0.29) is 0 Å². The van der Waals surface area contributed by atoms with E-state index in [2.05, 4.69) is 0 Å². The van der Waals surface area contributed by atoms with Crippen molar-refractivity contribution >= 4 is 5.97 Å². The lowest BCUT2D eigenvalue weighted by molar-refractivity contribution is -0.140. The average molecular weight is 216 g/mol. The topological polar surface area (TPSA) is 37.3 Å². The lowest BCUT2D eigenvalue weighted by Crippen LogP contribution is -2.31. The van der Waals surface area contributed by atoms with E-state index in [9.17, 15) is 9.90 Å². The molecular formula is C14H16O2. The number of hydrogen-bond acceptors (Lipinski definition) is 1. The van der Waals surface area contributed by atoms with E-state index in [1.54, 1.807) is 24.3 Å². The second kappa shape index (κ2) is 5.31. The molecule has 1 aromatic carbocycles. The van der Waals surface area contributed by atoms with Crippen LogP contribution in [-0.4, -0.2) is 11.1 Å². The van der Waals surface area contributed by atoms with Crippen LogP contribution in [0.4, 0.5) is 0 Å². The lowest BCUT2D eigenvalue weighted by atomic mass is 9.80. The van der Waals surface area contributed by atoms with E-state index in [0.717, 1.165) is 5.56 Å². The van der Waals surface area contributed by atoms with Crippen LogP contribution in [0.5, 0.6) is 0 Å². The molecule has 0 aliphatic heterocycles. The minimum atomic E-state index is -1.05. The largest absolute Gasteiger partial charge is 0.480 e. The van der Waals surface area contributed by atoms with Crippen molar-refractivity contribution in [2.24, 2.45) is 0 Å². The third kappa shape index (κ3) is 2.22. The van der Waals surface area contributed by atoms with Crippen LogP contribution in [0.2, 0.25) is 0 Å². The summed E-state index contributed by atoms with van der Waals surface area (Å²) in [6.45, 7) is 3.65. The fraction of sp³-hybridized carbons (Fsp3) is 0.214. The lowest BCUT2D eigenvalue weighted by Gasteiger charge is -2.22. The van der Waals surface area contributed by atoms with Crippen molar-refractivity contribution in [1.82, 2.24) is 0 Å². The van der Waals surface area contributed by atoms with Gasteiger partial charge in [0, 0.05) is 0 Å². The molecule has 2 heteroatoms. The molecule has 84 valence electrons. The first-order valence-corrected chi connectivity index (χ1v) is 5.24. The molecular weight excluding hydrogens is 200 g/mol. The molecule has 2 nitrogen and oxygen atoms in total. The maximum Gasteiger partial charge on any atom is 0.321 e. The van der Waals surface area contributed by atoms with Gasteiger partial charge in [-0.2, -0.15) is 0 Å². The van der Waals surface area contributed by atoms with Crippen LogP contribution < -0.4 is 0 Å². The van der Waals surface area contributed by atoms with Crippen LogP contribution in [0.15, 0.2) is 54.6 Å². The molecule has 1 rings (SSSR count). The van der Waals surface area contributed by atoms with Crippen LogP contribution in [0, 0.1) is 0 Å². The Bertz CT molecular complexity index is 390. The summed E-state index contributed by atoms with van der Waals surface area (Å²) in [6, 6.07) is 9.23.